The second-order valence-corrected chi connectivity index (χ2v) is 4.56. The van der Waals surface area contributed by atoms with E-state index in [1.54, 1.807) is 37.3 Å². The first-order valence-electron chi connectivity index (χ1n) is 6.76. The zero-order valence-corrected chi connectivity index (χ0v) is 11.8. The van der Waals surface area contributed by atoms with E-state index in [-0.39, 0.29) is 0 Å². The van der Waals surface area contributed by atoms with Crippen LogP contribution in [0, 0.1) is 0 Å². The van der Waals surface area contributed by atoms with E-state index in [4.69, 9.17) is 4.74 Å². The molecule has 1 aromatic carbocycles. The molecule has 0 spiro atoms. The Bertz CT molecular complexity index is 433. The van der Waals surface area contributed by atoms with Crippen molar-refractivity contribution in [3.63, 3.8) is 0 Å². The van der Waals surface area contributed by atoms with Crippen molar-refractivity contribution in [1.82, 2.24) is 5.32 Å². The molecular weight excluding hydrogens is 258 g/mol. The summed E-state index contributed by atoms with van der Waals surface area (Å²) in [5, 5.41) is 11.7. The first-order chi connectivity index (χ1) is 9.56. The highest BCUT2D eigenvalue weighted by Crippen LogP contribution is 2.13. The van der Waals surface area contributed by atoms with Crippen LogP contribution < -0.4 is 5.32 Å². The molecule has 5 heteroatoms. The molecule has 0 radical (unpaired) electrons. The maximum atomic E-state index is 11.9. The summed E-state index contributed by atoms with van der Waals surface area (Å²) >= 11 is 0. The molecule has 110 valence electrons. The van der Waals surface area contributed by atoms with Gasteiger partial charge in [-0.15, -0.1) is 0 Å². The van der Waals surface area contributed by atoms with E-state index < -0.39 is 24.0 Å². The SMILES string of the molecule is CCCCOC(C)C(=O)N[C@@H](C(=O)O)c1ccccc1. The highest BCUT2D eigenvalue weighted by molar-refractivity contribution is 5.86. The highest BCUT2D eigenvalue weighted by atomic mass is 16.5. The maximum Gasteiger partial charge on any atom is 0.330 e. The van der Waals surface area contributed by atoms with Crippen LogP contribution in [0.4, 0.5) is 0 Å². The number of carbonyl (C=O) groups excluding carboxylic acids is 1. The molecule has 20 heavy (non-hydrogen) atoms. The molecule has 2 N–H and O–H groups in total. The zero-order chi connectivity index (χ0) is 15.0. The van der Waals surface area contributed by atoms with E-state index in [1.807, 2.05) is 6.92 Å². The number of rotatable bonds is 8. The van der Waals surface area contributed by atoms with Gasteiger partial charge in [-0.2, -0.15) is 0 Å². The molecule has 1 unspecified atom stereocenters. The number of carboxylic acid groups (broad SMARTS) is 1. The minimum absolute atomic E-state index is 0.419. The van der Waals surface area contributed by atoms with Crippen molar-refractivity contribution >= 4 is 11.9 Å². The van der Waals surface area contributed by atoms with Gasteiger partial charge in [0.05, 0.1) is 0 Å². The molecule has 0 fully saturated rings. The van der Waals surface area contributed by atoms with Crippen LogP contribution in [0.1, 0.15) is 38.3 Å². The molecule has 0 bridgehead atoms. The molecule has 0 aliphatic carbocycles. The van der Waals surface area contributed by atoms with Gasteiger partial charge in [0.15, 0.2) is 6.04 Å². The van der Waals surface area contributed by atoms with E-state index in [0.717, 1.165) is 12.8 Å². The second-order valence-electron chi connectivity index (χ2n) is 4.56. The Balaban J connectivity index is 2.62. The van der Waals surface area contributed by atoms with E-state index in [1.165, 1.54) is 0 Å². The number of aliphatic carboxylic acids is 1. The van der Waals surface area contributed by atoms with Gasteiger partial charge >= 0.3 is 5.97 Å². The number of unbranched alkanes of at least 4 members (excludes halogenated alkanes) is 1. The summed E-state index contributed by atoms with van der Waals surface area (Å²) < 4.78 is 5.36. The van der Waals surface area contributed by atoms with Crippen molar-refractivity contribution in [1.29, 1.82) is 0 Å². The molecule has 5 nitrogen and oxygen atoms in total. The summed E-state index contributed by atoms with van der Waals surface area (Å²) in [4.78, 5) is 23.2. The van der Waals surface area contributed by atoms with Crippen LogP contribution in [0.5, 0.6) is 0 Å². The van der Waals surface area contributed by atoms with Crippen LogP contribution in [-0.2, 0) is 14.3 Å². The predicted octanol–water partition coefficient (Wildman–Crippen LogP) is 2.13. The number of hydrogen-bond donors (Lipinski definition) is 2. The van der Waals surface area contributed by atoms with Crippen molar-refractivity contribution in [2.24, 2.45) is 0 Å². The van der Waals surface area contributed by atoms with Gasteiger partial charge in [0, 0.05) is 6.61 Å². The fraction of sp³-hybridized carbons (Fsp3) is 0.467. The van der Waals surface area contributed by atoms with Crippen molar-refractivity contribution in [3.8, 4) is 0 Å². The first-order valence-corrected chi connectivity index (χ1v) is 6.76. The number of nitrogens with one attached hydrogen (secondary N) is 1. The fourth-order valence-electron chi connectivity index (χ4n) is 1.67. The summed E-state index contributed by atoms with van der Waals surface area (Å²) in [7, 11) is 0. The summed E-state index contributed by atoms with van der Waals surface area (Å²) in [6.07, 6.45) is 1.20. The van der Waals surface area contributed by atoms with Gasteiger partial charge in [-0.3, -0.25) is 4.79 Å². The zero-order valence-electron chi connectivity index (χ0n) is 11.8. The summed E-state index contributed by atoms with van der Waals surface area (Å²) in [6.45, 7) is 4.15. The van der Waals surface area contributed by atoms with Crippen LogP contribution in [0.2, 0.25) is 0 Å². The molecule has 2 atom stereocenters. The van der Waals surface area contributed by atoms with Gasteiger partial charge in [-0.05, 0) is 18.9 Å². The summed E-state index contributed by atoms with van der Waals surface area (Å²) in [5.74, 6) is -1.51. The lowest BCUT2D eigenvalue weighted by Gasteiger charge is -2.18. The van der Waals surface area contributed by atoms with Crippen molar-refractivity contribution < 1.29 is 19.4 Å². The van der Waals surface area contributed by atoms with Gasteiger partial charge in [0.2, 0.25) is 5.91 Å². The lowest BCUT2D eigenvalue weighted by atomic mass is 10.1. The number of ether oxygens (including phenoxy) is 1. The Morgan fingerprint density at radius 1 is 1.30 bits per heavy atom. The lowest BCUT2D eigenvalue weighted by Crippen LogP contribution is -2.40. The molecule has 0 heterocycles. The minimum atomic E-state index is -1.09. The van der Waals surface area contributed by atoms with Crippen molar-refractivity contribution in [3.05, 3.63) is 35.9 Å². The Labute approximate surface area is 118 Å². The van der Waals surface area contributed by atoms with Gasteiger partial charge in [-0.1, -0.05) is 43.7 Å². The Hall–Kier alpha value is -1.88. The normalized spacial score (nSPS) is 13.5. The molecule has 1 rings (SSSR count). The predicted molar refractivity (Wildman–Crippen MR) is 75.3 cm³/mol. The maximum absolute atomic E-state index is 11.9. The highest BCUT2D eigenvalue weighted by Gasteiger charge is 2.24. The van der Waals surface area contributed by atoms with Gasteiger partial charge < -0.3 is 15.2 Å². The third-order valence-corrected chi connectivity index (χ3v) is 2.90. The van der Waals surface area contributed by atoms with Crippen LogP contribution in [0.3, 0.4) is 0 Å². The van der Waals surface area contributed by atoms with Crippen LogP contribution in [-0.4, -0.2) is 29.7 Å². The smallest absolute Gasteiger partial charge is 0.330 e. The van der Waals surface area contributed by atoms with Crippen LogP contribution >= 0.6 is 0 Å². The third-order valence-electron chi connectivity index (χ3n) is 2.90. The monoisotopic (exact) mass is 279 g/mol. The first kappa shape index (κ1) is 16.2. The van der Waals surface area contributed by atoms with Gasteiger partial charge in [0.1, 0.15) is 6.10 Å². The number of carbonyl (C=O) groups is 2. The Morgan fingerprint density at radius 2 is 1.95 bits per heavy atom. The molecule has 0 aromatic heterocycles. The van der Waals surface area contributed by atoms with E-state index in [9.17, 15) is 14.7 Å². The standard InChI is InChI=1S/C15H21NO4/c1-3-4-10-20-11(2)14(17)16-13(15(18)19)12-8-6-5-7-9-12/h5-9,11,13H,3-4,10H2,1-2H3,(H,16,17)(H,18,19)/t11?,13-/m1/s1. The number of amides is 1. The van der Waals surface area contributed by atoms with E-state index in [0.29, 0.717) is 12.2 Å². The average molecular weight is 279 g/mol. The number of hydrogen-bond acceptors (Lipinski definition) is 3. The van der Waals surface area contributed by atoms with Crippen LogP contribution in [0.15, 0.2) is 30.3 Å². The molecule has 0 saturated carbocycles. The second kappa shape index (κ2) is 8.32. The molecular formula is C15H21NO4. The van der Waals surface area contributed by atoms with Crippen molar-refractivity contribution in [2.75, 3.05) is 6.61 Å². The molecule has 1 amide bonds. The fourth-order valence-corrected chi connectivity index (χ4v) is 1.67. The van der Waals surface area contributed by atoms with Crippen LogP contribution in [0.25, 0.3) is 0 Å². The average Bonchev–Trinajstić information content (AvgIpc) is 2.45. The van der Waals surface area contributed by atoms with E-state index >= 15 is 0 Å². The molecule has 0 saturated heterocycles. The Morgan fingerprint density at radius 3 is 2.50 bits per heavy atom. The largest absolute Gasteiger partial charge is 0.479 e. The quantitative estimate of drug-likeness (QED) is 0.715. The van der Waals surface area contributed by atoms with Gasteiger partial charge in [-0.25, -0.2) is 4.79 Å². The number of carboxylic acids is 1. The molecule has 0 aliphatic rings. The third kappa shape index (κ3) is 5.01. The number of benzene rings is 1. The molecule has 1 aromatic rings. The summed E-state index contributed by atoms with van der Waals surface area (Å²) in [5.41, 5.74) is 0.536. The Kier molecular flexibility index (Phi) is 6.73. The molecule has 0 aliphatic heterocycles. The van der Waals surface area contributed by atoms with Crippen molar-refractivity contribution in [2.45, 2.75) is 38.8 Å². The van der Waals surface area contributed by atoms with E-state index in [2.05, 4.69) is 5.32 Å². The van der Waals surface area contributed by atoms with Gasteiger partial charge in [0.25, 0.3) is 0 Å². The topological polar surface area (TPSA) is 75.6 Å². The summed E-state index contributed by atoms with van der Waals surface area (Å²) in [6, 6.07) is 7.54. The lowest BCUT2D eigenvalue weighted by molar-refractivity contribution is -0.144. The minimum Gasteiger partial charge on any atom is -0.479 e.